The molecule has 10 aromatic rings. The van der Waals surface area contributed by atoms with Crippen LogP contribution in [0, 0.1) is 0 Å². The zero-order valence-electron chi connectivity index (χ0n) is 32.4. The molecule has 9 aromatic carbocycles. The zero-order valence-corrected chi connectivity index (χ0v) is 33.4. The number of fused-ring (bicyclic) bond motifs is 9. The lowest BCUT2D eigenvalue weighted by Gasteiger charge is -2.45. The maximum absolute atomic E-state index is 6.69. The van der Waals surface area contributed by atoms with Gasteiger partial charge in [0.1, 0.15) is 34.2 Å². The van der Waals surface area contributed by atoms with Gasteiger partial charge in [0.05, 0.1) is 0 Å². The van der Waals surface area contributed by atoms with Crippen LogP contribution in [0.5, 0.6) is 23.0 Å². The Morgan fingerprint density at radius 1 is 0.400 bits per heavy atom. The summed E-state index contributed by atoms with van der Waals surface area (Å²) >= 11 is 0. The van der Waals surface area contributed by atoms with E-state index in [4.69, 9.17) is 13.9 Å². The zero-order chi connectivity index (χ0) is 39.4. The van der Waals surface area contributed by atoms with E-state index in [1.807, 2.05) is 24.3 Å². The second-order valence-corrected chi connectivity index (χ2v) is 19.7. The molecule has 60 heavy (non-hydrogen) atoms. The summed E-state index contributed by atoms with van der Waals surface area (Å²) in [6, 6.07) is 74.9. The van der Waals surface area contributed by atoms with Gasteiger partial charge in [-0.15, -0.1) is 0 Å². The Morgan fingerprint density at radius 2 is 1.02 bits per heavy atom. The summed E-state index contributed by atoms with van der Waals surface area (Å²) in [5, 5.41) is 7.63. The molecule has 0 spiro atoms. The van der Waals surface area contributed by atoms with Crippen molar-refractivity contribution in [3.05, 3.63) is 206 Å². The molecule has 0 atom stereocenters. The quantitative estimate of drug-likeness (QED) is 0.167. The Bertz CT molecular complexity index is 3310. The first-order valence-electron chi connectivity index (χ1n) is 20.5. The van der Waals surface area contributed by atoms with E-state index in [0.717, 1.165) is 72.6 Å². The van der Waals surface area contributed by atoms with Gasteiger partial charge in [0.25, 0.3) is 6.71 Å². The van der Waals surface area contributed by atoms with Gasteiger partial charge in [-0.2, -0.15) is 0 Å². The van der Waals surface area contributed by atoms with Gasteiger partial charge in [0.2, 0.25) is 0 Å². The number of benzene rings is 9. The lowest BCUT2D eigenvalue weighted by atomic mass is 9.35. The average molecular weight is 784 g/mol. The third kappa shape index (κ3) is 4.68. The number of hydrogen-bond acceptors (Lipinski definition) is 4. The molecule has 0 saturated carbocycles. The smallest absolute Gasteiger partial charge is 0.260 e. The van der Waals surface area contributed by atoms with Gasteiger partial charge in [0, 0.05) is 33.3 Å². The van der Waals surface area contributed by atoms with Crippen molar-refractivity contribution in [2.24, 2.45) is 0 Å². The minimum atomic E-state index is -2.94. The summed E-state index contributed by atoms with van der Waals surface area (Å²) in [6.07, 6.45) is 0. The van der Waals surface area contributed by atoms with E-state index in [1.165, 1.54) is 37.7 Å². The molecule has 13 rings (SSSR count). The molecule has 0 N–H and O–H groups in total. The van der Waals surface area contributed by atoms with Crippen LogP contribution in [0.4, 0.5) is 17.1 Å². The SMILES string of the molecule is c1ccc([Si]2(c3ccccc3)c3ccccc3N(c3ccc4c(c3)B3c5ccccc5Oc5cccc(c53)O4)c3ccc(-c4ccc5oc6ccccc6c5c4)cc32)cc1. The number of ether oxygens (including phenoxy) is 2. The first-order valence-corrected chi connectivity index (χ1v) is 22.5. The van der Waals surface area contributed by atoms with E-state index in [-0.39, 0.29) is 6.71 Å². The summed E-state index contributed by atoms with van der Waals surface area (Å²) < 4.78 is 19.4. The van der Waals surface area contributed by atoms with E-state index < -0.39 is 8.07 Å². The van der Waals surface area contributed by atoms with Crippen LogP contribution in [0.2, 0.25) is 0 Å². The van der Waals surface area contributed by atoms with E-state index in [0.29, 0.717) is 0 Å². The molecular weight excluding hydrogens is 749 g/mol. The molecule has 0 bridgehead atoms. The minimum absolute atomic E-state index is 0.0391. The van der Waals surface area contributed by atoms with Crippen LogP contribution in [0.3, 0.4) is 0 Å². The molecule has 3 aliphatic rings. The molecule has 4 nitrogen and oxygen atoms in total. The first kappa shape index (κ1) is 33.4. The molecule has 6 heteroatoms. The van der Waals surface area contributed by atoms with Crippen LogP contribution < -0.4 is 51.5 Å². The Morgan fingerprint density at radius 3 is 1.83 bits per heavy atom. The minimum Gasteiger partial charge on any atom is -0.458 e. The molecule has 280 valence electrons. The fourth-order valence-electron chi connectivity index (χ4n) is 10.3. The summed E-state index contributed by atoms with van der Waals surface area (Å²) in [5.41, 5.74) is 10.9. The predicted octanol–water partition coefficient (Wildman–Crippen LogP) is 9.14. The number of anilines is 3. The summed E-state index contributed by atoms with van der Waals surface area (Å²) in [7, 11) is -2.94. The van der Waals surface area contributed by atoms with Crippen molar-refractivity contribution < 1.29 is 13.9 Å². The summed E-state index contributed by atoms with van der Waals surface area (Å²) in [4.78, 5) is 2.49. The average Bonchev–Trinajstić information content (AvgIpc) is 3.69. The van der Waals surface area contributed by atoms with Crippen LogP contribution in [0.15, 0.2) is 211 Å². The fourth-order valence-corrected chi connectivity index (χ4v) is 15.5. The fraction of sp³-hybridized carbons (Fsp3) is 0. The van der Waals surface area contributed by atoms with Crippen molar-refractivity contribution >= 4 is 90.9 Å². The van der Waals surface area contributed by atoms with Gasteiger partial charge in [-0.1, -0.05) is 140 Å². The monoisotopic (exact) mass is 783 g/mol. The second kappa shape index (κ2) is 12.7. The largest absolute Gasteiger partial charge is 0.458 e. The molecule has 0 saturated heterocycles. The summed E-state index contributed by atoms with van der Waals surface area (Å²) in [5.74, 6) is 3.44. The van der Waals surface area contributed by atoms with Gasteiger partial charge >= 0.3 is 0 Å². The van der Waals surface area contributed by atoms with Crippen molar-refractivity contribution in [1.82, 2.24) is 0 Å². The number of furan rings is 1. The first-order chi connectivity index (χ1) is 29.7. The van der Waals surface area contributed by atoms with Crippen molar-refractivity contribution in [3.8, 4) is 34.1 Å². The molecule has 4 heterocycles. The molecule has 0 fully saturated rings. The standard InChI is InChI=1S/C54H34BNO3Si/c1-3-14-38(15-4-1)60(39-16-5-2-6-17-39)52-25-12-9-20-44(52)56(45-29-26-36(33-53(45)60)35-27-30-47-41(32-35)40-18-7-10-21-46(40)57-47)37-28-31-49-43(34-37)55-42-19-8-11-22-48(42)58-50-23-13-24-51(59-49)54(50)55/h1-34H. The molecular formula is C54H34BNO3Si. The molecule has 0 aliphatic carbocycles. The van der Waals surface area contributed by atoms with Crippen LogP contribution in [-0.2, 0) is 0 Å². The maximum atomic E-state index is 6.69. The van der Waals surface area contributed by atoms with Crippen molar-refractivity contribution in [3.63, 3.8) is 0 Å². The second-order valence-electron chi connectivity index (χ2n) is 15.9. The molecule has 0 radical (unpaired) electrons. The van der Waals surface area contributed by atoms with Gasteiger partial charge < -0.3 is 18.8 Å². The Labute approximate surface area is 348 Å². The number of nitrogens with zero attached hydrogens (tertiary/aromatic N) is 1. The third-order valence-corrected chi connectivity index (χ3v) is 17.7. The highest BCUT2D eigenvalue weighted by molar-refractivity contribution is 7.21. The number of para-hydroxylation sites is 3. The van der Waals surface area contributed by atoms with Gasteiger partial charge in [-0.05, 0) is 110 Å². The van der Waals surface area contributed by atoms with Crippen LogP contribution in [0.25, 0.3) is 33.1 Å². The lowest BCUT2D eigenvalue weighted by Crippen LogP contribution is -2.77. The highest BCUT2D eigenvalue weighted by atomic mass is 28.3. The van der Waals surface area contributed by atoms with Crippen LogP contribution >= 0.6 is 0 Å². The van der Waals surface area contributed by atoms with Crippen molar-refractivity contribution in [2.45, 2.75) is 0 Å². The third-order valence-electron chi connectivity index (χ3n) is 12.9. The lowest BCUT2D eigenvalue weighted by molar-refractivity contribution is 0.464. The van der Waals surface area contributed by atoms with Crippen LogP contribution in [0.1, 0.15) is 0 Å². The van der Waals surface area contributed by atoms with Gasteiger partial charge in [0.15, 0.2) is 8.07 Å². The van der Waals surface area contributed by atoms with E-state index in [1.54, 1.807) is 0 Å². The van der Waals surface area contributed by atoms with E-state index in [2.05, 4.69) is 187 Å². The highest BCUT2D eigenvalue weighted by Gasteiger charge is 2.49. The molecule has 1 aromatic heterocycles. The van der Waals surface area contributed by atoms with E-state index in [9.17, 15) is 0 Å². The van der Waals surface area contributed by atoms with Gasteiger partial charge in [-0.3, -0.25) is 0 Å². The Hall–Kier alpha value is -7.54. The number of hydrogen-bond donors (Lipinski definition) is 0. The van der Waals surface area contributed by atoms with Crippen molar-refractivity contribution in [2.75, 3.05) is 4.90 Å². The summed E-state index contributed by atoms with van der Waals surface area (Å²) in [6.45, 7) is -0.0391. The number of rotatable bonds is 4. The molecule has 0 amide bonds. The highest BCUT2D eigenvalue weighted by Crippen LogP contribution is 2.42. The Balaban J connectivity index is 1.08. The van der Waals surface area contributed by atoms with Gasteiger partial charge in [-0.25, -0.2) is 0 Å². The molecule has 3 aliphatic heterocycles. The maximum Gasteiger partial charge on any atom is 0.260 e. The molecule has 0 unspecified atom stereocenters. The van der Waals surface area contributed by atoms with Crippen molar-refractivity contribution in [1.29, 1.82) is 0 Å². The Kier molecular flexibility index (Phi) is 7.09. The van der Waals surface area contributed by atoms with Crippen LogP contribution in [-0.4, -0.2) is 14.8 Å². The topological polar surface area (TPSA) is 34.8 Å². The normalized spacial score (nSPS) is 14.0. The predicted molar refractivity (Wildman–Crippen MR) is 249 cm³/mol. The van der Waals surface area contributed by atoms with E-state index >= 15 is 0 Å².